The Kier molecular flexibility index (Phi) is 10.5. The molecule has 1 aliphatic rings. The predicted octanol–water partition coefficient (Wildman–Crippen LogP) is 5.31. The van der Waals surface area contributed by atoms with Gasteiger partial charge in [-0.2, -0.15) is 35.7 Å². The van der Waals surface area contributed by atoms with Crippen LogP contribution < -0.4 is 10.7 Å². The molecule has 0 radical (unpaired) electrons. The van der Waals surface area contributed by atoms with Gasteiger partial charge in [-0.3, -0.25) is 4.79 Å². The van der Waals surface area contributed by atoms with E-state index in [1.807, 2.05) is 0 Å². The van der Waals surface area contributed by atoms with Crippen LogP contribution in [0, 0.1) is 5.82 Å². The number of halogens is 8. The van der Waals surface area contributed by atoms with Crippen molar-refractivity contribution in [3.05, 3.63) is 88.3 Å². The van der Waals surface area contributed by atoms with Crippen LogP contribution >= 0.6 is 11.6 Å². The Morgan fingerprint density at radius 1 is 1.04 bits per heavy atom. The average molecular weight is 695 g/mol. The molecular weight excluding hydrogens is 673 g/mol. The summed E-state index contributed by atoms with van der Waals surface area (Å²) in [7, 11) is -4.29. The molecule has 1 aliphatic heterocycles. The summed E-state index contributed by atoms with van der Waals surface area (Å²) in [5.74, 6) is -1.63. The van der Waals surface area contributed by atoms with Crippen LogP contribution in [0.1, 0.15) is 23.1 Å². The smallest absolute Gasteiger partial charge is 0.390 e. The summed E-state index contributed by atoms with van der Waals surface area (Å²) < 4.78 is 118. The van der Waals surface area contributed by atoms with Crippen LogP contribution in [0.15, 0.2) is 75.9 Å². The second-order valence-electron chi connectivity index (χ2n) is 9.58. The van der Waals surface area contributed by atoms with Gasteiger partial charge in [-0.1, -0.05) is 28.9 Å². The van der Waals surface area contributed by atoms with Gasteiger partial charge in [0, 0.05) is 25.7 Å². The summed E-state index contributed by atoms with van der Waals surface area (Å²) in [5.41, 5.74) is 0.323. The minimum absolute atomic E-state index is 0.134. The van der Waals surface area contributed by atoms with Crippen molar-refractivity contribution >= 4 is 45.3 Å². The quantitative estimate of drug-likeness (QED) is 0.159. The Morgan fingerprint density at radius 3 is 2.30 bits per heavy atom. The third-order valence-corrected chi connectivity index (χ3v) is 8.46. The Labute approximate surface area is 261 Å². The van der Waals surface area contributed by atoms with E-state index in [-0.39, 0.29) is 53.1 Å². The maximum Gasteiger partial charge on any atom is 0.417 e. The lowest BCUT2D eigenvalue weighted by Crippen LogP contribution is -2.41. The standard InChI is InChI=1S/C27H22ClF7N6O4S/c28-22-11-18(27(33,34)35)14-37-24(22)36-9-10-41(46(43,44)21-7-5-19(29)6-8-21)15-20-12-23(40-45-20)25(42)39-38-13-16-1-3-17(4-2-16)26(30,31)32/h1-8,11,13-14,20H,9-10,12,15H2,(H,36,37)(H,39,42)/b38-13+. The first-order valence-corrected chi connectivity index (χ1v) is 14.8. The minimum Gasteiger partial charge on any atom is -0.390 e. The number of nitrogens with one attached hydrogen (secondary N) is 2. The van der Waals surface area contributed by atoms with Gasteiger partial charge in [0.25, 0.3) is 5.91 Å². The topological polar surface area (TPSA) is 125 Å². The molecule has 1 aromatic heterocycles. The monoisotopic (exact) mass is 694 g/mol. The highest BCUT2D eigenvalue weighted by molar-refractivity contribution is 7.89. The van der Waals surface area contributed by atoms with Crippen molar-refractivity contribution in [2.75, 3.05) is 25.0 Å². The zero-order valence-corrected chi connectivity index (χ0v) is 24.7. The predicted molar refractivity (Wildman–Crippen MR) is 152 cm³/mol. The van der Waals surface area contributed by atoms with Gasteiger partial charge in [-0.05, 0) is 48.0 Å². The Hall–Kier alpha value is -4.29. The summed E-state index contributed by atoms with van der Waals surface area (Å²) in [6.07, 6.45) is -8.66. The zero-order valence-electron chi connectivity index (χ0n) is 23.1. The lowest BCUT2D eigenvalue weighted by atomic mass is 10.1. The summed E-state index contributed by atoms with van der Waals surface area (Å²) in [6, 6.07) is 8.62. The van der Waals surface area contributed by atoms with Gasteiger partial charge in [0.2, 0.25) is 10.0 Å². The molecule has 1 amide bonds. The number of hydrazone groups is 1. The van der Waals surface area contributed by atoms with Crippen LogP contribution in [0.25, 0.3) is 0 Å². The van der Waals surface area contributed by atoms with E-state index < -0.39 is 51.3 Å². The first kappa shape index (κ1) is 34.6. The molecule has 0 saturated carbocycles. The van der Waals surface area contributed by atoms with Crippen molar-refractivity contribution in [3.8, 4) is 0 Å². The molecule has 0 saturated heterocycles. The van der Waals surface area contributed by atoms with E-state index in [9.17, 15) is 43.9 Å². The summed E-state index contributed by atoms with van der Waals surface area (Å²) in [6.45, 7) is -0.833. The van der Waals surface area contributed by atoms with Gasteiger partial charge in [0.05, 0.1) is 33.8 Å². The molecule has 1 unspecified atom stereocenters. The number of anilines is 1. The first-order valence-electron chi connectivity index (χ1n) is 13.0. The second kappa shape index (κ2) is 14.0. The molecule has 1 atom stereocenters. The molecule has 0 bridgehead atoms. The van der Waals surface area contributed by atoms with E-state index in [2.05, 4.69) is 26.0 Å². The number of amides is 1. The molecule has 2 heterocycles. The number of hydrogen-bond donors (Lipinski definition) is 2. The second-order valence-corrected chi connectivity index (χ2v) is 11.9. The number of benzene rings is 2. The van der Waals surface area contributed by atoms with Gasteiger partial charge < -0.3 is 10.2 Å². The molecule has 2 N–H and O–H groups in total. The SMILES string of the molecule is O=C(N/N=C/c1ccc(C(F)(F)F)cc1)C1=NOC(CN(CCNc2ncc(C(F)(F)F)cc2Cl)S(=O)(=O)c2ccc(F)cc2)C1. The number of carbonyl (C=O) groups is 1. The van der Waals surface area contributed by atoms with E-state index in [0.717, 1.165) is 59.1 Å². The fraction of sp³-hybridized carbons (Fsp3) is 0.259. The molecule has 4 rings (SSSR count). The van der Waals surface area contributed by atoms with Crippen LogP contribution in [-0.4, -0.2) is 61.3 Å². The van der Waals surface area contributed by atoms with Crippen molar-refractivity contribution in [2.24, 2.45) is 10.3 Å². The Balaban J connectivity index is 1.39. The van der Waals surface area contributed by atoms with Crippen LogP contribution in [-0.2, 0) is 32.0 Å². The molecule has 3 aromatic rings. The van der Waals surface area contributed by atoms with Crippen molar-refractivity contribution in [1.29, 1.82) is 0 Å². The normalized spacial score (nSPS) is 15.6. The van der Waals surface area contributed by atoms with Gasteiger partial charge in [0.1, 0.15) is 23.5 Å². The van der Waals surface area contributed by atoms with Crippen molar-refractivity contribution in [2.45, 2.75) is 29.8 Å². The van der Waals surface area contributed by atoms with Gasteiger partial charge >= 0.3 is 12.4 Å². The Morgan fingerprint density at radius 2 is 1.70 bits per heavy atom. The molecule has 0 aliphatic carbocycles. The highest BCUT2D eigenvalue weighted by Crippen LogP contribution is 2.32. The van der Waals surface area contributed by atoms with Crippen molar-refractivity contribution in [1.82, 2.24) is 14.7 Å². The van der Waals surface area contributed by atoms with Crippen molar-refractivity contribution in [3.63, 3.8) is 0 Å². The number of rotatable bonds is 11. The number of carbonyl (C=O) groups excluding carboxylic acids is 1. The summed E-state index contributed by atoms with van der Waals surface area (Å²) in [4.78, 5) is 21.1. The van der Waals surface area contributed by atoms with Crippen LogP contribution in [0.5, 0.6) is 0 Å². The number of alkyl halides is 6. The molecule has 46 heavy (non-hydrogen) atoms. The van der Waals surface area contributed by atoms with E-state index in [1.165, 1.54) is 0 Å². The molecule has 0 spiro atoms. The first-order chi connectivity index (χ1) is 21.5. The molecule has 10 nitrogen and oxygen atoms in total. The van der Waals surface area contributed by atoms with Gasteiger partial charge in [-0.25, -0.2) is 23.2 Å². The Bertz CT molecular complexity index is 1720. The van der Waals surface area contributed by atoms with Gasteiger partial charge in [-0.15, -0.1) is 0 Å². The van der Waals surface area contributed by atoms with Crippen molar-refractivity contribution < 1.29 is 48.8 Å². The molecule has 0 fully saturated rings. The molecule has 19 heteroatoms. The zero-order chi connectivity index (χ0) is 33.7. The molecular formula is C27H22ClF7N6O4S. The lowest BCUT2D eigenvalue weighted by Gasteiger charge is -2.24. The number of sulfonamides is 1. The highest BCUT2D eigenvalue weighted by Gasteiger charge is 2.34. The highest BCUT2D eigenvalue weighted by atomic mass is 35.5. The minimum atomic E-state index is -4.67. The maximum absolute atomic E-state index is 13.5. The number of aromatic nitrogens is 1. The number of pyridine rings is 1. The average Bonchev–Trinajstić information content (AvgIpc) is 3.46. The lowest BCUT2D eigenvalue weighted by molar-refractivity contribution is -0.138. The van der Waals surface area contributed by atoms with Crippen LogP contribution in [0.3, 0.4) is 0 Å². The van der Waals surface area contributed by atoms with Crippen LogP contribution in [0.2, 0.25) is 5.02 Å². The molecule has 2 aromatic carbocycles. The van der Waals surface area contributed by atoms with E-state index in [0.29, 0.717) is 12.3 Å². The number of hydrogen-bond acceptors (Lipinski definition) is 8. The summed E-state index contributed by atoms with van der Waals surface area (Å²) in [5, 5.41) is 9.66. The fourth-order valence-corrected chi connectivity index (χ4v) is 5.67. The van der Waals surface area contributed by atoms with E-state index >= 15 is 0 Å². The number of nitrogens with zero attached hydrogens (tertiary/aromatic N) is 4. The van der Waals surface area contributed by atoms with Gasteiger partial charge in [0.15, 0.2) is 0 Å². The van der Waals surface area contributed by atoms with E-state index in [1.54, 1.807) is 0 Å². The van der Waals surface area contributed by atoms with Crippen LogP contribution in [0.4, 0.5) is 36.6 Å². The third kappa shape index (κ3) is 8.91. The third-order valence-electron chi connectivity index (χ3n) is 6.29. The molecule has 246 valence electrons. The number of oxime groups is 1. The van der Waals surface area contributed by atoms with E-state index in [4.69, 9.17) is 16.4 Å². The largest absolute Gasteiger partial charge is 0.417 e. The summed E-state index contributed by atoms with van der Waals surface area (Å²) >= 11 is 5.91. The fourth-order valence-electron chi connectivity index (χ4n) is 3.96. The maximum atomic E-state index is 13.5.